The second-order valence-corrected chi connectivity index (χ2v) is 9.17. The van der Waals surface area contributed by atoms with Crippen molar-refractivity contribution in [1.82, 2.24) is 4.90 Å². The van der Waals surface area contributed by atoms with Crippen molar-refractivity contribution in [2.45, 2.75) is 51.0 Å². The quantitative estimate of drug-likeness (QED) is 0.595. The van der Waals surface area contributed by atoms with Crippen LogP contribution in [0.15, 0.2) is 60.7 Å². The summed E-state index contributed by atoms with van der Waals surface area (Å²) < 4.78 is 5.33. The number of likely N-dealkylation sites (tertiary alicyclic amines) is 1. The maximum absolute atomic E-state index is 11.2. The van der Waals surface area contributed by atoms with Crippen LogP contribution in [0.1, 0.15) is 38.4 Å². The first-order valence-electron chi connectivity index (χ1n) is 11.7. The van der Waals surface area contributed by atoms with Crippen LogP contribution in [0.5, 0.6) is 5.75 Å². The number of fused-ring (bicyclic) bond motifs is 2. The zero-order valence-corrected chi connectivity index (χ0v) is 19.2. The van der Waals surface area contributed by atoms with Crippen LogP contribution in [0, 0.1) is 0 Å². The third-order valence-electron chi connectivity index (χ3n) is 7.30. The van der Waals surface area contributed by atoms with E-state index in [1.807, 2.05) is 18.2 Å². The molecule has 5 heteroatoms. The molecule has 1 saturated heterocycles. The number of hydrogen-bond donors (Lipinski definition) is 2. The maximum Gasteiger partial charge on any atom is 0.119 e. The van der Waals surface area contributed by atoms with Crippen LogP contribution in [0.25, 0.3) is 10.8 Å². The van der Waals surface area contributed by atoms with Crippen LogP contribution >= 0.6 is 0 Å². The summed E-state index contributed by atoms with van der Waals surface area (Å²) in [4.78, 5) is 4.99. The van der Waals surface area contributed by atoms with Crippen molar-refractivity contribution >= 4 is 22.1 Å². The molecule has 2 N–H and O–H groups in total. The highest BCUT2D eigenvalue weighted by atomic mass is 16.5. The number of benzene rings is 3. The molecule has 0 aromatic heterocycles. The van der Waals surface area contributed by atoms with E-state index in [0.717, 1.165) is 48.0 Å². The second-order valence-electron chi connectivity index (χ2n) is 9.17. The fourth-order valence-corrected chi connectivity index (χ4v) is 5.44. The number of aliphatic hydroxyl groups is 1. The molecule has 1 fully saturated rings. The molecule has 32 heavy (non-hydrogen) atoms. The van der Waals surface area contributed by atoms with E-state index in [-0.39, 0.29) is 6.04 Å². The molecular weight excluding hydrogens is 398 g/mol. The molecule has 3 unspecified atom stereocenters. The Labute approximate surface area is 190 Å². The van der Waals surface area contributed by atoms with Gasteiger partial charge in [0, 0.05) is 25.2 Å². The van der Waals surface area contributed by atoms with Crippen molar-refractivity contribution in [1.29, 1.82) is 0 Å². The van der Waals surface area contributed by atoms with Crippen molar-refractivity contribution in [3.05, 3.63) is 66.2 Å². The average Bonchev–Trinajstić information content (AvgIpc) is 3.18. The number of ether oxygens (including phenoxy) is 1. The standard InChI is InChI=1S/C27H33N3O2/c1-18(27(31)22-9-8-21-17-24(32-3)11-10-20(21)16-22)29-14-12-23(13-15-29)30-19(2)28-25-6-4-5-7-26(25)30/h4-11,16-19,23,27-28,31H,12-15H2,1-3H3. The van der Waals surface area contributed by atoms with Gasteiger partial charge >= 0.3 is 0 Å². The number of piperidine rings is 1. The van der Waals surface area contributed by atoms with Crippen LogP contribution in [-0.4, -0.2) is 48.5 Å². The predicted octanol–water partition coefficient (Wildman–Crippen LogP) is 5.01. The third-order valence-corrected chi connectivity index (χ3v) is 7.30. The Bertz CT molecular complexity index is 1090. The summed E-state index contributed by atoms with van der Waals surface area (Å²) in [5.74, 6) is 0.854. The molecule has 2 aliphatic rings. The number of nitrogens with zero attached hydrogens (tertiary/aromatic N) is 2. The van der Waals surface area contributed by atoms with E-state index in [1.165, 1.54) is 11.4 Å². The maximum atomic E-state index is 11.2. The van der Waals surface area contributed by atoms with Gasteiger partial charge in [-0.1, -0.05) is 30.3 Å². The molecule has 0 aliphatic carbocycles. The van der Waals surface area contributed by atoms with Crippen LogP contribution < -0.4 is 15.0 Å². The summed E-state index contributed by atoms with van der Waals surface area (Å²) in [5.41, 5.74) is 3.53. The monoisotopic (exact) mass is 431 g/mol. The Balaban J connectivity index is 1.25. The van der Waals surface area contributed by atoms with Crippen LogP contribution in [-0.2, 0) is 0 Å². The zero-order valence-electron chi connectivity index (χ0n) is 19.2. The molecule has 0 saturated carbocycles. The Morgan fingerprint density at radius 2 is 1.72 bits per heavy atom. The smallest absolute Gasteiger partial charge is 0.119 e. The molecule has 3 atom stereocenters. The van der Waals surface area contributed by atoms with E-state index in [0.29, 0.717) is 12.2 Å². The van der Waals surface area contributed by atoms with Gasteiger partial charge in [0.15, 0.2) is 0 Å². The lowest BCUT2D eigenvalue weighted by Crippen LogP contribution is -2.51. The topological polar surface area (TPSA) is 48.0 Å². The van der Waals surface area contributed by atoms with Gasteiger partial charge in [0.2, 0.25) is 0 Å². The first-order chi connectivity index (χ1) is 15.5. The summed E-state index contributed by atoms with van der Waals surface area (Å²) in [6.45, 7) is 6.39. The number of methoxy groups -OCH3 is 1. The summed E-state index contributed by atoms with van der Waals surface area (Å²) in [6.07, 6.45) is 2.03. The van der Waals surface area contributed by atoms with E-state index >= 15 is 0 Å². The van der Waals surface area contributed by atoms with Crippen molar-refractivity contribution < 1.29 is 9.84 Å². The minimum atomic E-state index is -0.508. The molecule has 0 amide bonds. The fourth-order valence-electron chi connectivity index (χ4n) is 5.44. The fraction of sp³-hybridized carbons (Fsp3) is 0.407. The first kappa shape index (κ1) is 21.1. The molecule has 168 valence electrons. The number of aliphatic hydroxyl groups excluding tert-OH is 1. The van der Waals surface area contributed by atoms with E-state index in [1.54, 1.807) is 7.11 Å². The molecule has 0 spiro atoms. The van der Waals surface area contributed by atoms with Crippen LogP contribution in [0.3, 0.4) is 0 Å². The van der Waals surface area contributed by atoms with Crippen molar-refractivity contribution in [3.63, 3.8) is 0 Å². The lowest BCUT2D eigenvalue weighted by atomic mass is 9.95. The van der Waals surface area contributed by atoms with Gasteiger partial charge in [0.25, 0.3) is 0 Å². The van der Waals surface area contributed by atoms with Crippen LogP contribution in [0.4, 0.5) is 11.4 Å². The normalized spacial score (nSPS) is 21.2. The Kier molecular flexibility index (Phi) is 5.70. The molecular formula is C27H33N3O2. The highest BCUT2D eigenvalue weighted by Crippen LogP contribution is 2.38. The van der Waals surface area contributed by atoms with Crippen molar-refractivity contribution in [2.75, 3.05) is 30.4 Å². The van der Waals surface area contributed by atoms with Crippen LogP contribution in [0.2, 0.25) is 0 Å². The minimum absolute atomic E-state index is 0.0769. The second kappa shape index (κ2) is 8.64. The number of anilines is 2. The predicted molar refractivity (Wildman–Crippen MR) is 132 cm³/mol. The Morgan fingerprint density at radius 1 is 1.00 bits per heavy atom. The molecule has 3 aromatic carbocycles. The summed E-state index contributed by atoms with van der Waals surface area (Å²) >= 11 is 0. The summed E-state index contributed by atoms with van der Waals surface area (Å²) in [6, 6.07) is 21.5. The highest BCUT2D eigenvalue weighted by molar-refractivity contribution is 5.84. The van der Waals surface area contributed by atoms with Gasteiger partial charge in [-0.3, -0.25) is 4.90 Å². The van der Waals surface area contributed by atoms with Gasteiger partial charge in [-0.25, -0.2) is 0 Å². The number of para-hydroxylation sites is 2. The Hall–Kier alpha value is -2.76. The highest BCUT2D eigenvalue weighted by Gasteiger charge is 2.35. The molecule has 5 rings (SSSR count). The van der Waals surface area contributed by atoms with E-state index in [2.05, 4.69) is 71.4 Å². The number of rotatable bonds is 5. The number of nitrogens with one attached hydrogen (secondary N) is 1. The summed E-state index contributed by atoms with van der Waals surface area (Å²) in [7, 11) is 1.68. The van der Waals surface area contributed by atoms with Gasteiger partial charge < -0.3 is 20.1 Å². The van der Waals surface area contributed by atoms with Crippen molar-refractivity contribution in [3.8, 4) is 5.75 Å². The molecule has 2 heterocycles. The molecule has 2 aliphatic heterocycles. The third kappa shape index (κ3) is 3.80. The SMILES string of the molecule is COc1ccc2cc(C(O)C(C)N3CCC(N4c5ccccc5NC4C)CC3)ccc2c1. The minimum Gasteiger partial charge on any atom is -0.497 e. The zero-order chi connectivity index (χ0) is 22.2. The van der Waals surface area contributed by atoms with Gasteiger partial charge in [-0.2, -0.15) is 0 Å². The van der Waals surface area contributed by atoms with E-state index < -0.39 is 6.10 Å². The first-order valence-corrected chi connectivity index (χ1v) is 11.7. The number of hydrogen-bond acceptors (Lipinski definition) is 5. The molecule has 5 nitrogen and oxygen atoms in total. The lowest BCUT2D eigenvalue weighted by Gasteiger charge is -2.42. The van der Waals surface area contributed by atoms with E-state index in [4.69, 9.17) is 4.74 Å². The summed E-state index contributed by atoms with van der Waals surface area (Å²) in [5, 5.41) is 17.0. The average molecular weight is 432 g/mol. The molecule has 3 aromatic rings. The molecule has 0 bridgehead atoms. The molecule has 0 radical (unpaired) electrons. The lowest BCUT2D eigenvalue weighted by molar-refractivity contribution is 0.0433. The van der Waals surface area contributed by atoms with Crippen molar-refractivity contribution in [2.24, 2.45) is 0 Å². The van der Waals surface area contributed by atoms with Gasteiger partial charge in [0.1, 0.15) is 5.75 Å². The van der Waals surface area contributed by atoms with Gasteiger partial charge in [-0.15, -0.1) is 0 Å². The Morgan fingerprint density at radius 3 is 2.50 bits per heavy atom. The van der Waals surface area contributed by atoms with Gasteiger partial charge in [0.05, 0.1) is 30.8 Å². The van der Waals surface area contributed by atoms with E-state index in [9.17, 15) is 5.11 Å². The van der Waals surface area contributed by atoms with Gasteiger partial charge in [-0.05, 0) is 73.4 Å². The largest absolute Gasteiger partial charge is 0.497 e.